The van der Waals surface area contributed by atoms with Crippen molar-refractivity contribution in [3.63, 3.8) is 0 Å². The summed E-state index contributed by atoms with van der Waals surface area (Å²) in [6.07, 6.45) is 1.85. The van der Waals surface area contributed by atoms with Crippen molar-refractivity contribution in [1.29, 1.82) is 0 Å². The number of rotatable bonds is 1. The molecule has 0 atom stereocenters. The van der Waals surface area contributed by atoms with Gasteiger partial charge >= 0.3 is 0 Å². The maximum absolute atomic E-state index is 4.30. The van der Waals surface area contributed by atoms with Crippen molar-refractivity contribution in [2.75, 3.05) is 0 Å². The second-order valence-electron chi connectivity index (χ2n) is 2.86. The van der Waals surface area contributed by atoms with Crippen molar-refractivity contribution in [1.82, 2.24) is 4.98 Å². The summed E-state index contributed by atoms with van der Waals surface area (Å²) in [4.78, 5) is 4.30. The van der Waals surface area contributed by atoms with E-state index in [4.69, 9.17) is 0 Å². The molecule has 2 rings (SSSR count). The Bertz CT molecular complexity index is 442. The van der Waals surface area contributed by atoms with Crippen LogP contribution in [0.15, 0.2) is 30.5 Å². The lowest BCUT2D eigenvalue weighted by molar-refractivity contribution is 1.40. The molecular formula is C10H8BIN. The summed E-state index contributed by atoms with van der Waals surface area (Å²) in [6.45, 7) is 2.05. The molecule has 3 heteroatoms. The smallest absolute Gasteiger partial charge is 0.148 e. The highest BCUT2D eigenvalue weighted by molar-refractivity contribution is 14.1. The lowest BCUT2D eigenvalue weighted by Gasteiger charge is -2.01. The van der Waals surface area contributed by atoms with E-state index in [1.54, 1.807) is 0 Å². The molecule has 0 bridgehead atoms. The third kappa shape index (κ3) is 1.70. The monoisotopic (exact) mass is 280 g/mol. The second-order valence-corrected chi connectivity index (χ2v) is 4.02. The molecule has 13 heavy (non-hydrogen) atoms. The van der Waals surface area contributed by atoms with E-state index in [0.717, 1.165) is 5.52 Å². The maximum atomic E-state index is 4.30. The number of pyridine rings is 1. The molecule has 63 valence electrons. The predicted octanol–water partition coefficient (Wildman–Crippen LogP) is 2.22. The van der Waals surface area contributed by atoms with Gasteiger partial charge in [-0.15, -0.1) is 0 Å². The Kier molecular flexibility index (Phi) is 2.53. The van der Waals surface area contributed by atoms with Crippen LogP contribution in [-0.2, 0) is 0 Å². The molecule has 0 amide bonds. The summed E-state index contributed by atoms with van der Waals surface area (Å²) in [5.41, 5.74) is 2.32. The van der Waals surface area contributed by atoms with Gasteiger partial charge in [0.15, 0.2) is 0 Å². The molecule has 0 aliphatic heterocycles. The quantitative estimate of drug-likeness (QED) is 0.576. The Balaban J connectivity index is 2.74. The predicted molar refractivity (Wildman–Crippen MR) is 65.7 cm³/mol. The number of fused-ring (bicyclic) bond motifs is 1. The van der Waals surface area contributed by atoms with Gasteiger partial charge in [-0.25, -0.2) is 0 Å². The highest BCUT2D eigenvalue weighted by Crippen LogP contribution is 2.16. The Hall–Kier alpha value is -0.575. The van der Waals surface area contributed by atoms with Crippen molar-refractivity contribution in [2.45, 2.75) is 6.82 Å². The molecule has 1 heterocycles. The number of aromatic nitrogens is 1. The van der Waals surface area contributed by atoms with E-state index in [-0.39, 0.29) is 0 Å². The molecule has 1 aromatic carbocycles. The molecule has 0 spiro atoms. The second kappa shape index (κ2) is 3.66. The summed E-state index contributed by atoms with van der Waals surface area (Å²) >= 11 is 2.34. The average molecular weight is 280 g/mol. The molecule has 0 saturated carbocycles. The Morgan fingerprint density at radius 3 is 2.92 bits per heavy atom. The summed E-state index contributed by atoms with van der Waals surface area (Å²) in [6, 6.07) is 8.35. The van der Waals surface area contributed by atoms with Gasteiger partial charge in [-0.05, 0) is 34.7 Å². The normalized spacial score (nSPS) is 10.3. The zero-order chi connectivity index (χ0) is 9.26. The van der Waals surface area contributed by atoms with Crippen molar-refractivity contribution < 1.29 is 0 Å². The average Bonchev–Trinajstić information content (AvgIpc) is 2.18. The first-order valence-corrected chi connectivity index (χ1v) is 5.23. The number of halogens is 1. The topological polar surface area (TPSA) is 12.9 Å². The molecule has 0 aliphatic rings. The van der Waals surface area contributed by atoms with Gasteiger partial charge in [0, 0.05) is 15.2 Å². The first-order valence-electron chi connectivity index (χ1n) is 4.15. The van der Waals surface area contributed by atoms with E-state index in [0.29, 0.717) is 0 Å². The van der Waals surface area contributed by atoms with Gasteiger partial charge in [0.2, 0.25) is 0 Å². The van der Waals surface area contributed by atoms with Gasteiger partial charge < -0.3 is 0 Å². The van der Waals surface area contributed by atoms with Gasteiger partial charge in [-0.3, -0.25) is 4.98 Å². The minimum atomic E-state index is 1.07. The van der Waals surface area contributed by atoms with Crippen LogP contribution < -0.4 is 5.46 Å². The van der Waals surface area contributed by atoms with Crippen LogP contribution in [0.1, 0.15) is 0 Å². The largest absolute Gasteiger partial charge is 0.256 e. The van der Waals surface area contributed by atoms with Crippen LogP contribution in [0.25, 0.3) is 10.9 Å². The molecule has 1 nitrogen and oxygen atoms in total. The van der Waals surface area contributed by atoms with Gasteiger partial charge in [-0.1, -0.05) is 24.4 Å². The van der Waals surface area contributed by atoms with E-state index in [1.165, 1.54) is 14.4 Å². The van der Waals surface area contributed by atoms with Gasteiger partial charge in [-0.2, -0.15) is 0 Å². The zero-order valence-electron chi connectivity index (χ0n) is 7.29. The van der Waals surface area contributed by atoms with Crippen molar-refractivity contribution in [2.24, 2.45) is 0 Å². The lowest BCUT2D eigenvalue weighted by atomic mass is 9.73. The van der Waals surface area contributed by atoms with Crippen molar-refractivity contribution in [3.05, 3.63) is 34.0 Å². The highest BCUT2D eigenvalue weighted by Gasteiger charge is 1.99. The summed E-state index contributed by atoms with van der Waals surface area (Å²) in [5, 5.41) is 1.23. The fourth-order valence-corrected chi connectivity index (χ4v) is 1.90. The van der Waals surface area contributed by atoms with E-state index >= 15 is 0 Å². The van der Waals surface area contributed by atoms with Crippen LogP contribution in [0.2, 0.25) is 6.82 Å². The number of nitrogens with zero attached hydrogens (tertiary/aromatic N) is 1. The van der Waals surface area contributed by atoms with E-state index in [9.17, 15) is 0 Å². The molecule has 0 saturated heterocycles. The van der Waals surface area contributed by atoms with Crippen LogP contribution in [0, 0.1) is 3.57 Å². The van der Waals surface area contributed by atoms with Gasteiger partial charge in [0.25, 0.3) is 0 Å². The molecule has 0 fully saturated rings. The standard InChI is InChI=1S/C10H8BIN/c1-11-7-2-3-10-8(6-7)9(12)4-5-13-10/h2-6H,1H3. The lowest BCUT2D eigenvalue weighted by Crippen LogP contribution is -2.09. The maximum Gasteiger partial charge on any atom is 0.148 e. The molecule has 1 radical (unpaired) electrons. The SMILES string of the molecule is C[B]c1ccc2nccc(I)c2c1. The van der Waals surface area contributed by atoms with Gasteiger partial charge in [0.1, 0.15) is 7.28 Å². The Labute approximate surface area is 91.9 Å². The molecule has 1 aromatic heterocycles. The first kappa shape index (κ1) is 9.00. The van der Waals surface area contributed by atoms with Crippen LogP contribution in [0.3, 0.4) is 0 Å². The van der Waals surface area contributed by atoms with Crippen LogP contribution in [0.4, 0.5) is 0 Å². The zero-order valence-corrected chi connectivity index (χ0v) is 9.45. The fourth-order valence-electron chi connectivity index (χ4n) is 1.31. The molecule has 0 unspecified atom stereocenters. The van der Waals surface area contributed by atoms with E-state index in [1.807, 2.05) is 19.1 Å². The minimum absolute atomic E-state index is 1.07. The third-order valence-electron chi connectivity index (χ3n) is 2.05. The number of hydrogen-bond donors (Lipinski definition) is 0. The number of hydrogen-bond acceptors (Lipinski definition) is 1. The highest BCUT2D eigenvalue weighted by atomic mass is 127. The van der Waals surface area contributed by atoms with Crippen LogP contribution in [0.5, 0.6) is 0 Å². The van der Waals surface area contributed by atoms with Gasteiger partial charge in [0.05, 0.1) is 5.52 Å². The molecule has 0 N–H and O–H groups in total. The van der Waals surface area contributed by atoms with Crippen LogP contribution >= 0.6 is 22.6 Å². The fraction of sp³-hybridized carbons (Fsp3) is 0.100. The number of benzene rings is 1. The Morgan fingerprint density at radius 1 is 1.31 bits per heavy atom. The summed E-state index contributed by atoms with van der Waals surface area (Å²) in [5.74, 6) is 0. The Morgan fingerprint density at radius 2 is 2.15 bits per heavy atom. The summed E-state index contributed by atoms with van der Waals surface area (Å²) in [7, 11) is 2.10. The van der Waals surface area contributed by atoms with E-state index in [2.05, 4.69) is 53.1 Å². The summed E-state index contributed by atoms with van der Waals surface area (Å²) < 4.78 is 1.26. The van der Waals surface area contributed by atoms with Crippen molar-refractivity contribution in [3.8, 4) is 0 Å². The molecule has 2 aromatic rings. The molecule has 0 aliphatic carbocycles. The molecular weight excluding hydrogens is 272 g/mol. The first-order chi connectivity index (χ1) is 6.31. The van der Waals surface area contributed by atoms with Crippen LogP contribution in [-0.4, -0.2) is 12.3 Å². The van der Waals surface area contributed by atoms with Crippen molar-refractivity contribution >= 4 is 46.2 Å². The minimum Gasteiger partial charge on any atom is -0.256 e. The van der Waals surface area contributed by atoms with E-state index < -0.39 is 0 Å². The third-order valence-corrected chi connectivity index (χ3v) is 2.99.